The van der Waals surface area contributed by atoms with E-state index in [0.717, 1.165) is 0 Å². The smallest absolute Gasteiger partial charge is 0.338 e. The highest BCUT2D eigenvalue weighted by Gasteiger charge is 2.15. The molecule has 0 aliphatic carbocycles. The number of amides is 2. The summed E-state index contributed by atoms with van der Waals surface area (Å²) in [7, 11) is 0. The molecule has 12 heteroatoms. The van der Waals surface area contributed by atoms with Gasteiger partial charge in [0.1, 0.15) is 22.1 Å². The maximum absolute atomic E-state index is 12.1. The minimum absolute atomic E-state index is 0.0951. The minimum atomic E-state index is -0.787. The van der Waals surface area contributed by atoms with Crippen molar-refractivity contribution in [3.63, 3.8) is 0 Å². The van der Waals surface area contributed by atoms with Crippen LogP contribution in [0.5, 0.6) is 0 Å². The average molecular weight is 495 g/mol. The van der Waals surface area contributed by atoms with E-state index in [1.54, 1.807) is 22.9 Å². The summed E-state index contributed by atoms with van der Waals surface area (Å²) >= 11 is 2.34. The van der Waals surface area contributed by atoms with Crippen molar-refractivity contribution in [1.29, 1.82) is 10.5 Å². The number of thiophene rings is 2. The first kappa shape index (κ1) is 24.1. The van der Waals surface area contributed by atoms with E-state index in [9.17, 15) is 19.2 Å². The largest absolute Gasteiger partial charge is 0.452 e. The molecule has 1 aromatic carbocycles. The van der Waals surface area contributed by atoms with Crippen LogP contribution in [-0.2, 0) is 19.1 Å². The molecule has 2 heterocycles. The van der Waals surface area contributed by atoms with Gasteiger partial charge in [-0.3, -0.25) is 9.59 Å². The average Bonchev–Trinajstić information content (AvgIpc) is 3.49. The number of anilines is 2. The second-order valence-electron chi connectivity index (χ2n) is 6.38. The number of rotatable bonds is 8. The maximum Gasteiger partial charge on any atom is 0.338 e. The summed E-state index contributed by atoms with van der Waals surface area (Å²) in [5.41, 5.74) is 0.807. The van der Waals surface area contributed by atoms with Gasteiger partial charge < -0.3 is 20.1 Å². The number of nitrogens with zero attached hydrogens (tertiary/aromatic N) is 2. The molecule has 0 aliphatic heterocycles. The fourth-order valence-corrected chi connectivity index (χ4v) is 3.99. The Morgan fingerprint density at radius 1 is 0.706 bits per heavy atom. The van der Waals surface area contributed by atoms with E-state index < -0.39 is 37.0 Å². The van der Waals surface area contributed by atoms with Gasteiger partial charge >= 0.3 is 11.9 Å². The van der Waals surface area contributed by atoms with Crippen molar-refractivity contribution in [3.05, 3.63) is 69.4 Å². The molecule has 0 spiro atoms. The molecule has 0 fully saturated rings. The van der Waals surface area contributed by atoms with Crippen LogP contribution in [0.25, 0.3) is 0 Å². The number of nitriles is 2. The number of hydrogen-bond donors (Lipinski definition) is 2. The standard InChI is InChI=1S/C22H14N4O6S2/c23-9-15-5-7-33-19(15)25-17(27)11-31-21(29)13-1-2-14(4-3-13)22(30)32-12-18(28)26-20-16(10-24)6-8-34-20/h1-8H,11-12H2,(H,25,27)(H,26,28). The summed E-state index contributed by atoms with van der Waals surface area (Å²) < 4.78 is 9.88. The van der Waals surface area contributed by atoms with Gasteiger partial charge in [-0.15, -0.1) is 22.7 Å². The van der Waals surface area contributed by atoms with E-state index in [1.807, 2.05) is 12.1 Å². The lowest BCUT2D eigenvalue weighted by atomic mass is 10.1. The van der Waals surface area contributed by atoms with Gasteiger partial charge in [-0.25, -0.2) is 9.59 Å². The number of ether oxygens (including phenoxy) is 2. The molecule has 0 atom stereocenters. The van der Waals surface area contributed by atoms with Crippen molar-refractivity contribution in [2.75, 3.05) is 23.8 Å². The summed E-state index contributed by atoms with van der Waals surface area (Å²) in [5.74, 6) is -2.78. The van der Waals surface area contributed by atoms with Crippen LogP contribution >= 0.6 is 22.7 Å². The molecule has 10 nitrogen and oxygen atoms in total. The lowest BCUT2D eigenvalue weighted by Gasteiger charge is -2.07. The van der Waals surface area contributed by atoms with Crippen LogP contribution in [0.3, 0.4) is 0 Å². The van der Waals surface area contributed by atoms with Crippen LogP contribution in [0.15, 0.2) is 47.2 Å². The van der Waals surface area contributed by atoms with Crippen molar-refractivity contribution in [1.82, 2.24) is 0 Å². The Balaban J connectivity index is 1.46. The maximum atomic E-state index is 12.1. The van der Waals surface area contributed by atoms with Crippen LogP contribution in [0.4, 0.5) is 10.0 Å². The Hall–Kier alpha value is -4.52. The predicted molar refractivity (Wildman–Crippen MR) is 122 cm³/mol. The number of esters is 2. The molecule has 0 radical (unpaired) electrons. The second kappa shape index (κ2) is 11.4. The van der Waals surface area contributed by atoms with Gasteiger partial charge in [0.25, 0.3) is 11.8 Å². The lowest BCUT2D eigenvalue weighted by Crippen LogP contribution is -2.21. The number of nitrogens with one attached hydrogen (secondary N) is 2. The lowest BCUT2D eigenvalue weighted by molar-refractivity contribution is -0.119. The van der Waals surface area contributed by atoms with Crippen molar-refractivity contribution in [3.8, 4) is 12.1 Å². The zero-order valence-corrected chi connectivity index (χ0v) is 18.8. The van der Waals surface area contributed by atoms with Crippen molar-refractivity contribution < 1.29 is 28.7 Å². The zero-order valence-electron chi connectivity index (χ0n) is 17.2. The third-order valence-corrected chi connectivity index (χ3v) is 5.76. The molecule has 0 saturated carbocycles. The third kappa shape index (κ3) is 6.26. The second-order valence-corrected chi connectivity index (χ2v) is 8.21. The predicted octanol–water partition coefficient (Wildman–Crippen LogP) is 3.14. The molecule has 0 aliphatic rings. The van der Waals surface area contributed by atoms with E-state index in [0.29, 0.717) is 21.1 Å². The van der Waals surface area contributed by atoms with Gasteiger partial charge in [-0.05, 0) is 47.2 Å². The number of carbonyl (C=O) groups excluding carboxylic acids is 4. The molecule has 3 aromatic rings. The molecule has 2 aromatic heterocycles. The molecule has 0 unspecified atom stereocenters. The Bertz CT molecular complexity index is 1210. The quantitative estimate of drug-likeness (QED) is 0.452. The van der Waals surface area contributed by atoms with Crippen molar-refractivity contribution >= 4 is 56.4 Å². The van der Waals surface area contributed by atoms with E-state index in [2.05, 4.69) is 10.6 Å². The molecule has 34 heavy (non-hydrogen) atoms. The first-order chi connectivity index (χ1) is 16.4. The molecule has 0 saturated heterocycles. The van der Waals surface area contributed by atoms with E-state index in [-0.39, 0.29) is 11.1 Å². The molecule has 2 amide bonds. The van der Waals surface area contributed by atoms with Crippen LogP contribution in [0.1, 0.15) is 31.8 Å². The summed E-state index contributed by atoms with van der Waals surface area (Å²) in [6.07, 6.45) is 0. The van der Waals surface area contributed by atoms with Crippen LogP contribution in [0.2, 0.25) is 0 Å². The topological polar surface area (TPSA) is 158 Å². The Morgan fingerprint density at radius 2 is 1.09 bits per heavy atom. The Labute approximate surface area is 201 Å². The number of benzene rings is 1. The fourth-order valence-electron chi connectivity index (χ4n) is 2.48. The van der Waals surface area contributed by atoms with Crippen LogP contribution in [0, 0.1) is 22.7 Å². The highest BCUT2D eigenvalue weighted by Crippen LogP contribution is 2.22. The van der Waals surface area contributed by atoms with Crippen molar-refractivity contribution in [2.24, 2.45) is 0 Å². The van der Waals surface area contributed by atoms with Crippen LogP contribution in [-0.4, -0.2) is 37.0 Å². The normalized spacial score (nSPS) is 9.82. The van der Waals surface area contributed by atoms with E-state index >= 15 is 0 Å². The molecule has 0 bridgehead atoms. The molecular weight excluding hydrogens is 480 g/mol. The Morgan fingerprint density at radius 3 is 1.44 bits per heavy atom. The van der Waals surface area contributed by atoms with E-state index in [1.165, 1.54) is 46.9 Å². The summed E-state index contributed by atoms with van der Waals surface area (Å²) in [5, 5.41) is 26.9. The van der Waals surface area contributed by atoms with Crippen molar-refractivity contribution in [2.45, 2.75) is 0 Å². The van der Waals surface area contributed by atoms with Gasteiger partial charge in [-0.2, -0.15) is 10.5 Å². The minimum Gasteiger partial charge on any atom is -0.452 e. The van der Waals surface area contributed by atoms with Gasteiger partial charge in [0, 0.05) is 0 Å². The SMILES string of the molecule is N#Cc1ccsc1NC(=O)COC(=O)c1ccc(C(=O)OCC(=O)Nc2sccc2C#N)cc1. The van der Waals surface area contributed by atoms with Gasteiger partial charge in [0.2, 0.25) is 0 Å². The van der Waals surface area contributed by atoms with E-state index in [4.69, 9.17) is 20.0 Å². The highest BCUT2D eigenvalue weighted by molar-refractivity contribution is 7.14. The molecule has 170 valence electrons. The molecule has 2 N–H and O–H groups in total. The van der Waals surface area contributed by atoms with Gasteiger partial charge in [0.15, 0.2) is 13.2 Å². The first-order valence-corrected chi connectivity index (χ1v) is 11.2. The first-order valence-electron chi connectivity index (χ1n) is 9.40. The monoisotopic (exact) mass is 494 g/mol. The number of hydrogen-bond acceptors (Lipinski definition) is 10. The van der Waals surface area contributed by atoms with Gasteiger partial charge in [0.05, 0.1) is 22.3 Å². The highest BCUT2D eigenvalue weighted by atomic mass is 32.1. The summed E-state index contributed by atoms with van der Waals surface area (Å²) in [6.45, 7) is -1.11. The third-order valence-electron chi connectivity index (χ3n) is 4.10. The summed E-state index contributed by atoms with van der Waals surface area (Å²) in [6, 6.07) is 12.2. The fraction of sp³-hybridized carbons (Fsp3) is 0.0909. The number of carbonyl (C=O) groups is 4. The molecule has 3 rings (SSSR count). The summed E-state index contributed by atoms with van der Waals surface area (Å²) in [4.78, 5) is 48.1. The molecular formula is C22H14N4O6S2. The zero-order chi connectivity index (χ0) is 24.5. The Kier molecular flexibility index (Phi) is 8.07. The van der Waals surface area contributed by atoms with Crippen LogP contribution < -0.4 is 10.6 Å². The van der Waals surface area contributed by atoms with Gasteiger partial charge in [-0.1, -0.05) is 0 Å².